The molecule has 0 saturated heterocycles. The van der Waals surface area contributed by atoms with E-state index in [4.69, 9.17) is 5.26 Å². The van der Waals surface area contributed by atoms with Crippen molar-refractivity contribution in [1.82, 2.24) is 10.6 Å². The molecule has 26 heavy (non-hydrogen) atoms. The molecule has 4 radical (unpaired) electrons. The maximum atomic E-state index is 10.9. The van der Waals surface area contributed by atoms with Crippen molar-refractivity contribution in [3.8, 4) is 6.07 Å². The predicted octanol–water partition coefficient (Wildman–Crippen LogP) is 4.11. The topological polar surface area (TPSA) is 82.0 Å². The Morgan fingerprint density at radius 3 is 1.77 bits per heavy atom. The van der Waals surface area contributed by atoms with Crippen LogP contribution < -0.4 is 10.6 Å². The van der Waals surface area contributed by atoms with E-state index in [1.165, 1.54) is 12.8 Å². The van der Waals surface area contributed by atoms with Crippen LogP contribution in [0.4, 0.5) is 0 Å². The number of hydrogen-bond donors (Lipinski definition) is 2. The first kappa shape index (κ1) is 26.7. The van der Waals surface area contributed by atoms with Gasteiger partial charge in [-0.3, -0.25) is 9.59 Å². The fourth-order valence-corrected chi connectivity index (χ4v) is 1.74. The van der Waals surface area contributed by atoms with Gasteiger partial charge in [-0.2, -0.15) is 5.26 Å². The number of nitriles is 1. The summed E-state index contributed by atoms with van der Waals surface area (Å²) in [5, 5.41) is 13.6. The van der Waals surface area contributed by atoms with Crippen LogP contribution in [-0.4, -0.2) is 24.4 Å². The number of carbonyl (C=O) groups is 2. The van der Waals surface area contributed by atoms with Gasteiger partial charge in [-0.05, 0) is 46.5 Å². The zero-order valence-corrected chi connectivity index (χ0v) is 17.5. The molecule has 0 unspecified atom stereocenters. The molecule has 2 aliphatic carbocycles. The van der Waals surface area contributed by atoms with Crippen molar-refractivity contribution < 1.29 is 9.59 Å². The Morgan fingerprint density at radius 2 is 1.62 bits per heavy atom. The number of nitrogens with one attached hydrogen (secondary N) is 2. The number of carbonyl (C=O) groups excluding carboxylic acids is 2. The summed E-state index contributed by atoms with van der Waals surface area (Å²) < 4.78 is 0. The maximum absolute atomic E-state index is 10.9. The lowest BCUT2D eigenvalue weighted by Crippen LogP contribution is -2.32. The molecule has 2 rings (SSSR count). The highest BCUT2D eigenvalue weighted by Gasteiger charge is 2.25. The van der Waals surface area contributed by atoms with Crippen LogP contribution in [0.3, 0.4) is 0 Å². The van der Waals surface area contributed by atoms with Gasteiger partial charge in [0.05, 0.1) is 23.8 Å². The van der Waals surface area contributed by atoms with Gasteiger partial charge in [0.2, 0.25) is 11.8 Å². The van der Waals surface area contributed by atoms with E-state index in [1.54, 1.807) is 20.8 Å². The Hall–Kier alpha value is -1.57. The van der Waals surface area contributed by atoms with E-state index in [9.17, 15) is 9.59 Å². The van der Waals surface area contributed by atoms with Crippen LogP contribution in [0, 0.1) is 36.0 Å². The molecule has 0 heterocycles. The Labute approximate surface area is 161 Å². The maximum Gasteiger partial charge on any atom is 0.227 e. The highest BCUT2D eigenvalue weighted by molar-refractivity contribution is 5.90. The third-order valence-electron chi connectivity index (χ3n) is 3.60. The Kier molecular flexibility index (Phi) is 17.3. The van der Waals surface area contributed by atoms with Gasteiger partial charge in [0.1, 0.15) is 0 Å². The van der Waals surface area contributed by atoms with Gasteiger partial charge < -0.3 is 10.6 Å². The summed E-state index contributed by atoms with van der Waals surface area (Å²) >= 11 is 0. The standard InChI is InChI=1S/C7H12NO.C7H14NO.C5H6N.C2H5/c1-2-8-7(9)6-4-3-5-6;1-5(2)7(9)8-6(3)4;6-4-5-2-1-3-5;1-2/h2-5H2,1H3,(H,8,9);6H,1-4H3,(H,8,9);1-3H2;1H2,2H3. The molecule has 0 bridgehead atoms. The summed E-state index contributed by atoms with van der Waals surface area (Å²) in [6.45, 7) is 15.2. The molecule has 2 saturated carbocycles. The molecule has 0 atom stereocenters. The van der Waals surface area contributed by atoms with Gasteiger partial charge in [0, 0.05) is 12.6 Å². The van der Waals surface area contributed by atoms with Gasteiger partial charge >= 0.3 is 0 Å². The molecule has 0 aromatic rings. The quantitative estimate of drug-likeness (QED) is 0.788. The second kappa shape index (κ2) is 16.9. The molecule has 2 N–H and O–H groups in total. The summed E-state index contributed by atoms with van der Waals surface area (Å²) in [4.78, 5) is 21.7. The highest BCUT2D eigenvalue weighted by Crippen LogP contribution is 2.28. The Bertz CT molecular complexity index is 404. The summed E-state index contributed by atoms with van der Waals surface area (Å²) in [7, 11) is 0. The fourth-order valence-electron chi connectivity index (χ4n) is 1.74. The minimum Gasteiger partial charge on any atom is -0.356 e. The Morgan fingerprint density at radius 1 is 1.12 bits per heavy atom. The van der Waals surface area contributed by atoms with Crippen molar-refractivity contribution in [1.29, 1.82) is 5.26 Å². The third kappa shape index (κ3) is 13.7. The normalized spacial score (nSPS) is 15.4. The minimum atomic E-state index is 0.0463. The second-order valence-corrected chi connectivity index (χ2v) is 6.51. The van der Waals surface area contributed by atoms with Crippen LogP contribution in [-0.2, 0) is 9.59 Å². The number of nitrogens with zero attached hydrogens (tertiary/aromatic N) is 1. The lowest BCUT2D eigenvalue weighted by Gasteiger charge is -2.22. The molecule has 5 nitrogen and oxygen atoms in total. The molecule has 0 aromatic carbocycles. The molecular formula is C21H37N3O2. The van der Waals surface area contributed by atoms with Crippen molar-refractivity contribution in [3.63, 3.8) is 0 Å². The predicted molar refractivity (Wildman–Crippen MR) is 107 cm³/mol. The van der Waals surface area contributed by atoms with E-state index in [0.29, 0.717) is 0 Å². The van der Waals surface area contributed by atoms with Crippen LogP contribution in [0.5, 0.6) is 0 Å². The van der Waals surface area contributed by atoms with E-state index in [2.05, 4.69) is 23.6 Å². The molecule has 2 aliphatic rings. The molecule has 2 amide bonds. The van der Waals surface area contributed by atoms with Gasteiger partial charge in [-0.15, -0.1) is 0 Å². The summed E-state index contributed by atoms with van der Waals surface area (Å²) in [6, 6.07) is 2.36. The van der Waals surface area contributed by atoms with Crippen molar-refractivity contribution in [2.45, 2.75) is 86.1 Å². The smallest absolute Gasteiger partial charge is 0.227 e. The molecule has 5 heteroatoms. The van der Waals surface area contributed by atoms with Crippen molar-refractivity contribution in [3.05, 3.63) is 24.7 Å². The van der Waals surface area contributed by atoms with Crippen molar-refractivity contribution >= 4 is 11.8 Å². The van der Waals surface area contributed by atoms with Gasteiger partial charge in [0.15, 0.2) is 0 Å². The van der Waals surface area contributed by atoms with E-state index >= 15 is 0 Å². The lowest BCUT2D eigenvalue weighted by atomic mass is 9.85. The van der Waals surface area contributed by atoms with Crippen LogP contribution in [0.2, 0.25) is 0 Å². The van der Waals surface area contributed by atoms with E-state index in [-0.39, 0.29) is 17.9 Å². The van der Waals surface area contributed by atoms with E-state index in [1.807, 2.05) is 20.8 Å². The summed E-state index contributed by atoms with van der Waals surface area (Å²) in [5.74, 6) is 3.18. The molecule has 2 fully saturated rings. The van der Waals surface area contributed by atoms with E-state index in [0.717, 1.165) is 50.0 Å². The van der Waals surface area contributed by atoms with Crippen LogP contribution in [0.1, 0.15) is 80.1 Å². The van der Waals surface area contributed by atoms with Gasteiger partial charge in [-0.1, -0.05) is 40.5 Å². The van der Waals surface area contributed by atoms with Gasteiger partial charge in [-0.25, -0.2) is 0 Å². The first-order valence-electron chi connectivity index (χ1n) is 9.51. The number of amides is 2. The average Bonchev–Trinajstić information content (AvgIpc) is 2.47. The summed E-state index contributed by atoms with van der Waals surface area (Å²) in [5.41, 5.74) is 0. The fraction of sp³-hybridized carbons (Fsp3) is 0.667. The first-order valence-corrected chi connectivity index (χ1v) is 9.51. The largest absolute Gasteiger partial charge is 0.356 e. The SMILES string of the molecule is CCNC(=O)[C]1CCC1.C[C](C)C(=O)NC(C)C.N#C[C]1CCC1.[CH2]C. The molecular weight excluding hydrogens is 326 g/mol. The van der Waals surface area contributed by atoms with E-state index < -0.39 is 0 Å². The molecule has 0 aliphatic heterocycles. The van der Waals surface area contributed by atoms with Crippen molar-refractivity contribution in [2.24, 2.45) is 0 Å². The number of hydrogen-bond acceptors (Lipinski definition) is 3. The molecule has 148 valence electrons. The van der Waals surface area contributed by atoms with Crippen molar-refractivity contribution in [2.75, 3.05) is 6.54 Å². The lowest BCUT2D eigenvalue weighted by molar-refractivity contribution is -0.120. The Balaban J connectivity index is 0. The third-order valence-corrected chi connectivity index (χ3v) is 3.60. The highest BCUT2D eigenvalue weighted by atomic mass is 16.2. The summed E-state index contributed by atoms with van der Waals surface area (Å²) in [6.07, 6.45) is 6.61. The first-order chi connectivity index (χ1) is 12.3. The zero-order chi connectivity index (χ0) is 20.5. The zero-order valence-electron chi connectivity index (χ0n) is 17.5. The van der Waals surface area contributed by atoms with Gasteiger partial charge in [0.25, 0.3) is 0 Å². The second-order valence-electron chi connectivity index (χ2n) is 6.51. The van der Waals surface area contributed by atoms with Crippen LogP contribution in [0.15, 0.2) is 0 Å². The monoisotopic (exact) mass is 363 g/mol. The molecule has 0 spiro atoms. The van der Waals surface area contributed by atoms with Crippen LogP contribution in [0.25, 0.3) is 0 Å². The number of rotatable bonds is 4. The van der Waals surface area contributed by atoms with Crippen LogP contribution >= 0.6 is 0 Å². The average molecular weight is 364 g/mol. The molecule has 0 aromatic heterocycles. The minimum absolute atomic E-state index is 0.0463.